The smallest absolute Gasteiger partial charge is 0.383 e. The summed E-state index contributed by atoms with van der Waals surface area (Å²) in [5.74, 6) is 6.18. The van der Waals surface area contributed by atoms with Gasteiger partial charge in [0.2, 0.25) is 0 Å². The lowest BCUT2D eigenvalue weighted by atomic mass is 10.2. The maximum atomic E-state index is 12.2. The van der Waals surface area contributed by atoms with E-state index in [1.54, 1.807) is 21.6 Å². The standard InChI is InChI=1S/C19H28N5O12P3S2/c1-19(2,3)41-40-11-31-13-7-15(24-8-12(5-4-6-20)16-17(21)22-10-23-18(16)24)33-14(13)9-32-37(26)35-39(29,30)36-38(27,28)34-25/h8,10,13-15H,6-7,9,11,20H2,1-3H3,(H4-,21,22,23,25,27,28,29,30)/p+1/t13-,14+,15+/m0/s1. The second-order valence-electron chi connectivity index (χ2n) is 9.12. The van der Waals surface area contributed by atoms with Crippen molar-refractivity contribution in [3.8, 4) is 11.8 Å². The normalized spacial score (nSPS) is 22.6. The predicted molar refractivity (Wildman–Crippen MR) is 150 cm³/mol. The highest BCUT2D eigenvalue weighted by Crippen LogP contribution is 2.63. The molecule has 3 unspecified atom stereocenters. The number of rotatable bonds is 13. The number of hydrogen-bond donors (Lipinski definition) is 5. The summed E-state index contributed by atoms with van der Waals surface area (Å²) < 4.78 is 65.1. The van der Waals surface area contributed by atoms with Gasteiger partial charge in [0.1, 0.15) is 42.7 Å². The Morgan fingerprint density at radius 2 is 2.02 bits per heavy atom. The van der Waals surface area contributed by atoms with E-state index in [2.05, 4.69) is 35.1 Å². The molecule has 0 radical (unpaired) electrons. The van der Waals surface area contributed by atoms with Gasteiger partial charge in [0, 0.05) is 21.9 Å². The third kappa shape index (κ3) is 10.2. The first-order valence-electron chi connectivity index (χ1n) is 11.5. The number of fused-ring (bicyclic) bond motifs is 1. The first-order valence-corrected chi connectivity index (χ1v) is 17.9. The maximum Gasteiger partial charge on any atom is 0.708 e. The van der Waals surface area contributed by atoms with Gasteiger partial charge in [0.15, 0.2) is 0 Å². The molecule has 228 valence electrons. The van der Waals surface area contributed by atoms with Crippen molar-refractivity contribution in [2.45, 2.75) is 50.4 Å². The molecule has 3 rings (SSSR count). The Morgan fingerprint density at radius 3 is 2.68 bits per heavy atom. The molecular weight excluding hydrogens is 647 g/mol. The molecule has 1 aliphatic rings. The molecule has 0 aromatic carbocycles. The summed E-state index contributed by atoms with van der Waals surface area (Å²) >= 11 is 0. The van der Waals surface area contributed by atoms with Gasteiger partial charge in [0.25, 0.3) is 0 Å². The van der Waals surface area contributed by atoms with Crippen molar-refractivity contribution in [3.63, 3.8) is 0 Å². The lowest BCUT2D eigenvalue weighted by Crippen LogP contribution is -2.28. The quantitative estimate of drug-likeness (QED) is 0.0387. The lowest BCUT2D eigenvalue weighted by molar-refractivity contribution is -0.157. The van der Waals surface area contributed by atoms with Gasteiger partial charge in [0.05, 0.1) is 23.6 Å². The third-order valence-electron chi connectivity index (χ3n) is 4.92. The zero-order valence-corrected chi connectivity index (χ0v) is 26.2. The zero-order chi connectivity index (χ0) is 30.4. The molecule has 0 bridgehead atoms. The first kappa shape index (κ1) is 34.3. The van der Waals surface area contributed by atoms with E-state index in [0.29, 0.717) is 16.6 Å². The van der Waals surface area contributed by atoms with Crippen LogP contribution in [-0.2, 0) is 41.0 Å². The fourth-order valence-corrected chi connectivity index (χ4v) is 8.17. The number of ether oxygens (including phenoxy) is 2. The number of phosphoric acid groups is 2. The van der Waals surface area contributed by atoms with Gasteiger partial charge in [-0.05, 0) is 4.31 Å². The minimum absolute atomic E-state index is 0.0223. The van der Waals surface area contributed by atoms with Gasteiger partial charge in [-0.25, -0.2) is 24.4 Å². The van der Waals surface area contributed by atoms with E-state index in [9.17, 15) is 18.6 Å². The number of nitrogen functional groups attached to an aromatic ring is 1. The maximum absolute atomic E-state index is 12.2. The van der Waals surface area contributed by atoms with Crippen molar-refractivity contribution < 1.29 is 56.0 Å². The van der Waals surface area contributed by atoms with Gasteiger partial charge < -0.3 is 30.4 Å². The monoisotopic (exact) mass is 676 g/mol. The van der Waals surface area contributed by atoms with Crippen molar-refractivity contribution in [1.82, 2.24) is 14.5 Å². The Morgan fingerprint density at radius 1 is 1.29 bits per heavy atom. The second kappa shape index (κ2) is 14.5. The molecule has 1 fully saturated rings. The van der Waals surface area contributed by atoms with Crippen LogP contribution in [0.3, 0.4) is 0 Å². The molecule has 0 amide bonds. The molecule has 0 saturated carbocycles. The predicted octanol–water partition coefficient (Wildman–Crippen LogP) is 3.53. The van der Waals surface area contributed by atoms with Gasteiger partial charge in [-0.2, -0.15) is 4.31 Å². The Labute approximate surface area is 243 Å². The number of hydrogen-bond acceptors (Lipinski definition) is 16. The van der Waals surface area contributed by atoms with Crippen LogP contribution in [0.4, 0.5) is 5.82 Å². The van der Waals surface area contributed by atoms with E-state index >= 15 is 0 Å². The Hall–Kier alpha value is -1.16. The van der Waals surface area contributed by atoms with Crippen LogP contribution in [0.5, 0.6) is 0 Å². The van der Waals surface area contributed by atoms with Crippen molar-refractivity contribution in [3.05, 3.63) is 18.1 Å². The van der Waals surface area contributed by atoms with E-state index in [1.807, 2.05) is 20.8 Å². The van der Waals surface area contributed by atoms with Gasteiger partial charge in [-0.1, -0.05) is 54.2 Å². The Bertz CT molecular complexity index is 1400. The van der Waals surface area contributed by atoms with E-state index < -0.39 is 48.9 Å². The fraction of sp³-hybridized carbons (Fsp3) is 0.579. The van der Waals surface area contributed by atoms with Gasteiger partial charge >= 0.3 is 23.9 Å². The lowest BCUT2D eigenvalue weighted by Gasteiger charge is -2.19. The average molecular weight is 677 g/mol. The van der Waals surface area contributed by atoms with Crippen molar-refractivity contribution in [2.24, 2.45) is 5.73 Å². The highest BCUT2D eigenvalue weighted by atomic mass is 33.1. The molecule has 1 saturated heterocycles. The molecule has 17 nitrogen and oxygen atoms in total. The molecule has 0 aliphatic carbocycles. The average Bonchev–Trinajstić information content (AvgIpc) is 3.44. The summed E-state index contributed by atoms with van der Waals surface area (Å²) in [7, 11) is -11.1. The van der Waals surface area contributed by atoms with Crippen LogP contribution in [0.15, 0.2) is 12.5 Å². The molecule has 22 heteroatoms. The molecule has 41 heavy (non-hydrogen) atoms. The highest BCUT2D eigenvalue weighted by molar-refractivity contribution is 8.77. The Kier molecular flexibility index (Phi) is 12.2. The molecule has 7 N–H and O–H groups in total. The molecule has 3 heterocycles. The van der Waals surface area contributed by atoms with Crippen LogP contribution in [0.1, 0.15) is 39.0 Å². The van der Waals surface area contributed by atoms with Crippen molar-refractivity contribution in [1.29, 1.82) is 0 Å². The van der Waals surface area contributed by atoms with Crippen LogP contribution in [-0.4, -0.2) is 65.6 Å². The first-order chi connectivity index (χ1) is 19.1. The molecule has 1 aliphatic heterocycles. The van der Waals surface area contributed by atoms with Crippen LogP contribution in [0, 0.1) is 11.8 Å². The summed E-state index contributed by atoms with van der Waals surface area (Å²) in [6.45, 7) is 5.82. The van der Waals surface area contributed by atoms with E-state index in [-0.39, 0.29) is 29.5 Å². The molecule has 6 atom stereocenters. The van der Waals surface area contributed by atoms with Gasteiger partial charge in [-0.15, -0.1) is 9.20 Å². The number of nitrogens with two attached hydrogens (primary N) is 2. The highest BCUT2D eigenvalue weighted by Gasteiger charge is 2.46. The molecule has 2 aromatic rings. The second-order valence-corrected chi connectivity index (χ2v) is 16.2. The summed E-state index contributed by atoms with van der Waals surface area (Å²) in [4.78, 5) is 26.8. The minimum atomic E-state index is -5.44. The van der Waals surface area contributed by atoms with E-state index in [4.69, 9.17) is 35.6 Å². The SMILES string of the molecule is CC(C)(C)SSCO[C@H]1C[C@H](n2cc(C#CCN)c3c(N)ncnc32)O[C@@H]1CO[P+](=O)OP(=O)(O)OP(=O)(O)OO. The molecule has 2 aromatic heterocycles. The topological polar surface area (TPSA) is 250 Å². The van der Waals surface area contributed by atoms with Crippen molar-refractivity contribution >= 4 is 62.3 Å². The van der Waals surface area contributed by atoms with Crippen LogP contribution >= 0.6 is 45.5 Å². The fourth-order valence-electron chi connectivity index (χ4n) is 3.48. The summed E-state index contributed by atoms with van der Waals surface area (Å²) in [5.41, 5.74) is 12.6. The molecular formula is C19H29N5O12P3S2+. The van der Waals surface area contributed by atoms with Crippen molar-refractivity contribution in [2.75, 3.05) is 24.8 Å². The molecule has 0 spiro atoms. The van der Waals surface area contributed by atoms with Crippen LogP contribution in [0.25, 0.3) is 11.0 Å². The Balaban J connectivity index is 1.77. The summed E-state index contributed by atoms with van der Waals surface area (Å²) in [6.07, 6.45) is 1.13. The van der Waals surface area contributed by atoms with Crippen LogP contribution in [0.2, 0.25) is 0 Å². The summed E-state index contributed by atoms with van der Waals surface area (Å²) in [6, 6.07) is 0. The largest absolute Gasteiger partial charge is 0.708 e. The van der Waals surface area contributed by atoms with E-state index in [1.165, 1.54) is 17.1 Å². The van der Waals surface area contributed by atoms with Gasteiger partial charge in [-0.3, -0.25) is 4.89 Å². The minimum Gasteiger partial charge on any atom is -0.383 e. The van der Waals surface area contributed by atoms with E-state index in [0.717, 1.165) is 0 Å². The summed E-state index contributed by atoms with van der Waals surface area (Å²) in [5, 5.41) is 8.76. The number of aromatic nitrogens is 3. The number of nitrogens with zero attached hydrogens (tertiary/aromatic N) is 3. The van der Waals surface area contributed by atoms with Crippen LogP contribution < -0.4 is 11.5 Å². The third-order valence-corrected chi connectivity index (χ3v) is 11.5. The number of anilines is 1. The zero-order valence-electron chi connectivity index (χ0n) is 21.9.